The summed E-state index contributed by atoms with van der Waals surface area (Å²) in [5, 5.41) is 0. The largest absolute Gasteiger partial charge is 0.262 e. The van der Waals surface area contributed by atoms with Gasteiger partial charge in [-0.25, -0.2) is 4.83 Å². The maximum Gasteiger partial charge on any atom is 0.0195 e. The maximum atomic E-state index is 4.68. The van der Waals surface area contributed by atoms with E-state index in [0.717, 1.165) is 11.9 Å². The molecule has 4 heavy (non-hydrogen) atoms. The first-order chi connectivity index (χ1) is 1.91. The minimum Gasteiger partial charge on any atom is -0.262 e. The van der Waals surface area contributed by atoms with Crippen molar-refractivity contribution in [1.29, 1.82) is 0 Å². The number of rotatable bonds is 1. The quantitative estimate of drug-likeness (QED) is 0.260. The molecular formula is CH5N2S. The predicted molar refractivity (Wildman–Crippen MR) is 20.3 cm³/mol. The fourth-order valence-corrected chi connectivity index (χ4v) is 0. The van der Waals surface area contributed by atoms with Crippen LogP contribution in [-0.4, -0.2) is 0 Å². The zero-order valence-electron chi connectivity index (χ0n) is 2.19. The van der Waals surface area contributed by atoms with Crippen molar-refractivity contribution in [3.05, 3.63) is 6.26 Å². The predicted octanol–water partition coefficient (Wildman–Crippen LogP) is -0.111. The third-order valence-corrected chi connectivity index (χ3v) is 0.250. The molecule has 0 saturated carbocycles. The SMILES string of the molecule is [CH2]SNN. The number of hydrazine groups is 1. The molecule has 0 bridgehead atoms. The van der Waals surface area contributed by atoms with Crippen molar-refractivity contribution in [2.45, 2.75) is 0 Å². The Labute approximate surface area is 29.9 Å². The molecule has 0 aliphatic carbocycles. The smallest absolute Gasteiger partial charge is 0.0195 e. The van der Waals surface area contributed by atoms with Crippen LogP contribution in [0.1, 0.15) is 0 Å². The molecule has 3 heteroatoms. The van der Waals surface area contributed by atoms with E-state index in [-0.39, 0.29) is 0 Å². The Hall–Kier alpha value is 0.270. The lowest BCUT2D eigenvalue weighted by molar-refractivity contribution is 1.13. The van der Waals surface area contributed by atoms with Crippen LogP contribution in [0, 0.1) is 6.26 Å². The van der Waals surface area contributed by atoms with E-state index in [4.69, 9.17) is 0 Å². The van der Waals surface area contributed by atoms with E-state index in [1.807, 2.05) is 0 Å². The number of nitrogens with two attached hydrogens (primary N) is 1. The van der Waals surface area contributed by atoms with Crippen molar-refractivity contribution in [2.24, 2.45) is 5.84 Å². The lowest BCUT2D eigenvalue weighted by Crippen LogP contribution is -2.09. The minimum atomic E-state index is 1.13. The van der Waals surface area contributed by atoms with Gasteiger partial charge in [0, 0.05) is 6.26 Å². The van der Waals surface area contributed by atoms with Gasteiger partial charge in [0.05, 0.1) is 0 Å². The molecule has 0 rings (SSSR count). The Bertz CT molecular complexity index is 8.00. The van der Waals surface area contributed by atoms with Gasteiger partial charge in [0.25, 0.3) is 0 Å². The van der Waals surface area contributed by atoms with E-state index in [1.54, 1.807) is 0 Å². The molecule has 0 amide bonds. The van der Waals surface area contributed by atoms with Crippen LogP contribution in [0.3, 0.4) is 0 Å². The molecule has 0 fully saturated rings. The summed E-state index contributed by atoms with van der Waals surface area (Å²) >= 11 is 1.13. The van der Waals surface area contributed by atoms with Crippen molar-refractivity contribution >= 4 is 11.9 Å². The minimum absolute atomic E-state index is 1.13. The normalized spacial score (nSPS) is 7.50. The van der Waals surface area contributed by atoms with E-state index >= 15 is 0 Å². The second kappa shape index (κ2) is 3.27. The van der Waals surface area contributed by atoms with Gasteiger partial charge in [-0.2, -0.15) is 0 Å². The summed E-state index contributed by atoms with van der Waals surface area (Å²) in [6.07, 6.45) is 3.28. The second-order valence-electron chi connectivity index (χ2n) is 0.262. The zero-order chi connectivity index (χ0) is 3.41. The van der Waals surface area contributed by atoms with Crippen molar-refractivity contribution in [3.8, 4) is 0 Å². The van der Waals surface area contributed by atoms with Crippen molar-refractivity contribution in [3.63, 3.8) is 0 Å². The van der Waals surface area contributed by atoms with E-state index in [1.165, 1.54) is 0 Å². The van der Waals surface area contributed by atoms with Crippen LogP contribution in [0.2, 0.25) is 0 Å². The molecule has 0 heterocycles. The molecule has 0 saturated heterocycles. The van der Waals surface area contributed by atoms with Crippen LogP contribution in [0.5, 0.6) is 0 Å². The van der Waals surface area contributed by atoms with Gasteiger partial charge >= 0.3 is 0 Å². The van der Waals surface area contributed by atoms with Gasteiger partial charge in [0.1, 0.15) is 0 Å². The number of hydrogen-bond donors (Lipinski definition) is 2. The Morgan fingerprint density at radius 3 is 2.25 bits per heavy atom. The molecule has 0 spiro atoms. The molecule has 0 atom stereocenters. The van der Waals surface area contributed by atoms with Crippen LogP contribution < -0.4 is 10.7 Å². The highest BCUT2D eigenvalue weighted by molar-refractivity contribution is 7.98. The van der Waals surface area contributed by atoms with E-state index in [0.29, 0.717) is 0 Å². The average molecular weight is 77.1 g/mol. The topological polar surface area (TPSA) is 38.0 Å². The summed E-state index contributed by atoms with van der Waals surface area (Å²) in [6.45, 7) is 0. The Morgan fingerprint density at radius 2 is 2.25 bits per heavy atom. The summed E-state index contributed by atoms with van der Waals surface area (Å²) < 4.78 is 0. The lowest BCUT2D eigenvalue weighted by atomic mass is 12.0. The third kappa shape index (κ3) is 2.27. The van der Waals surface area contributed by atoms with Gasteiger partial charge in [0.2, 0.25) is 0 Å². The van der Waals surface area contributed by atoms with Gasteiger partial charge in [-0.15, -0.1) is 0 Å². The van der Waals surface area contributed by atoms with E-state index < -0.39 is 0 Å². The fourth-order valence-electron chi connectivity index (χ4n) is 0. The molecule has 2 nitrogen and oxygen atoms in total. The van der Waals surface area contributed by atoms with Gasteiger partial charge in [-0.3, -0.25) is 5.84 Å². The maximum absolute atomic E-state index is 4.68. The highest BCUT2D eigenvalue weighted by atomic mass is 32.2. The highest BCUT2D eigenvalue weighted by Crippen LogP contribution is 1.73. The van der Waals surface area contributed by atoms with Crippen LogP contribution >= 0.6 is 11.9 Å². The van der Waals surface area contributed by atoms with Gasteiger partial charge in [-0.05, 0) is 0 Å². The molecule has 0 aromatic rings. The summed E-state index contributed by atoms with van der Waals surface area (Å²) in [6, 6.07) is 0. The van der Waals surface area contributed by atoms with Crippen molar-refractivity contribution in [2.75, 3.05) is 0 Å². The van der Waals surface area contributed by atoms with Crippen molar-refractivity contribution < 1.29 is 0 Å². The van der Waals surface area contributed by atoms with Crippen molar-refractivity contribution in [1.82, 2.24) is 4.83 Å². The van der Waals surface area contributed by atoms with Crippen LogP contribution in [0.4, 0.5) is 0 Å². The Morgan fingerprint density at radius 1 is 2.00 bits per heavy atom. The molecule has 1 radical (unpaired) electrons. The highest BCUT2D eigenvalue weighted by Gasteiger charge is 1.50. The summed E-state index contributed by atoms with van der Waals surface area (Å²) in [4.78, 5) is 2.24. The summed E-state index contributed by atoms with van der Waals surface area (Å²) in [5.41, 5.74) is 0. The molecule has 0 unspecified atom stereocenters. The van der Waals surface area contributed by atoms with E-state index in [9.17, 15) is 0 Å². The monoisotopic (exact) mass is 77.0 g/mol. The number of nitrogens with one attached hydrogen (secondary N) is 1. The Balaban J connectivity index is 1.97. The molecule has 3 N–H and O–H groups in total. The summed E-state index contributed by atoms with van der Waals surface area (Å²) in [7, 11) is 0. The summed E-state index contributed by atoms with van der Waals surface area (Å²) in [5.74, 6) is 4.68. The second-order valence-corrected chi connectivity index (χ2v) is 0.787. The standard InChI is InChI=1S/CH5N2S/c1-4-3-2/h3H,1-2H2. The fraction of sp³-hybridized carbons (Fsp3) is 0. The van der Waals surface area contributed by atoms with Gasteiger partial charge in [0.15, 0.2) is 0 Å². The molecule has 25 valence electrons. The Kier molecular flexibility index (Phi) is 3.49. The molecule has 0 aliphatic heterocycles. The zero-order valence-corrected chi connectivity index (χ0v) is 3.01. The first kappa shape index (κ1) is 4.27. The first-order valence-corrected chi connectivity index (χ1v) is 1.77. The molecule has 0 aromatic heterocycles. The molecular weight excluding hydrogens is 72.1 g/mol. The van der Waals surface area contributed by atoms with Crippen LogP contribution in [0.25, 0.3) is 0 Å². The average Bonchev–Trinajstić information content (AvgIpc) is 1.37. The molecule has 0 aliphatic rings. The first-order valence-electron chi connectivity index (χ1n) is 0.781. The van der Waals surface area contributed by atoms with Crippen LogP contribution in [-0.2, 0) is 0 Å². The molecule has 0 aromatic carbocycles. The third-order valence-electron chi connectivity index (χ3n) is 0.0833. The van der Waals surface area contributed by atoms with Gasteiger partial charge < -0.3 is 0 Å². The van der Waals surface area contributed by atoms with Crippen LogP contribution in [0.15, 0.2) is 0 Å². The number of hydrogen-bond acceptors (Lipinski definition) is 3. The van der Waals surface area contributed by atoms with Gasteiger partial charge in [-0.1, -0.05) is 11.9 Å². The lowest BCUT2D eigenvalue weighted by Gasteiger charge is -1.76. The van der Waals surface area contributed by atoms with E-state index in [2.05, 4.69) is 16.9 Å².